The number of anilines is 2. The van der Waals surface area contributed by atoms with Gasteiger partial charge in [-0.15, -0.1) is 0 Å². The summed E-state index contributed by atoms with van der Waals surface area (Å²) in [4.78, 5) is 10.5. The Balaban J connectivity index is 2.33. The quantitative estimate of drug-likeness (QED) is 0.517. The molecule has 1 unspecified atom stereocenters. The fraction of sp³-hybridized carbons (Fsp3) is 0.636. The lowest BCUT2D eigenvalue weighted by Crippen LogP contribution is -2.31. The van der Waals surface area contributed by atoms with E-state index in [0.29, 0.717) is 12.4 Å². The zero-order valence-corrected chi connectivity index (χ0v) is 10.3. The highest BCUT2D eigenvalue weighted by Gasteiger charge is 2.33. The number of nitrogens with zero attached hydrogens (tertiary/aromatic N) is 3. The van der Waals surface area contributed by atoms with E-state index in [1.807, 2.05) is 13.8 Å². The number of β-amino-alcohol motifs (C(OH)–C–C–N with tert-alkyl or cyclic N) is 1. The van der Waals surface area contributed by atoms with Gasteiger partial charge in [-0.2, -0.15) is 0 Å². The van der Waals surface area contributed by atoms with Crippen LogP contribution < -0.4 is 16.2 Å². The highest BCUT2D eigenvalue weighted by atomic mass is 16.3. The van der Waals surface area contributed by atoms with Crippen molar-refractivity contribution < 1.29 is 5.11 Å². The normalized spacial score (nSPS) is 24.1. The molecule has 2 rings (SSSR count). The van der Waals surface area contributed by atoms with Crippen LogP contribution in [0.4, 0.5) is 11.6 Å². The summed E-state index contributed by atoms with van der Waals surface area (Å²) in [5, 5.41) is 9.99. The van der Waals surface area contributed by atoms with Gasteiger partial charge in [0.15, 0.2) is 0 Å². The predicted molar refractivity (Wildman–Crippen MR) is 66.7 cm³/mol. The average Bonchev–Trinajstić information content (AvgIpc) is 2.68. The van der Waals surface area contributed by atoms with Gasteiger partial charge < -0.3 is 15.4 Å². The Bertz CT molecular complexity index is 407. The van der Waals surface area contributed by atoms with Crippen molar-refractivity contribution in [2.75, 3.05) is 23.4 Å². The van der Waals surface area contributed by atoms with Gasteiger partial charge in [0, 0.05) is 18.7 Å². The summed E-state index contributed by atoms with van der Waals surface area (Å²) in [6.07, 6.45) is 3.05. The Labute approximate surface area is 101 Å². The lowest BCUT2D eigenvalue weighted by Gasteiger charge is -2.22. The number of hydrogen-bond acceptors (Lipinski definition) is 6. The van der Waals surface area contributed by atoms with Gasteiger partial charge in [-0.05, 0) is 19.8 Å². The van der Waals surface area contributed by atoms with Crippen molar-refractivity contribution in [3.05, 3.63) is 11.9 Å². The SMILES string of the molecule is CCc1c(NN)ncnc1N1CCC(C)(O)C1. The molecule has 6 nitrogen and oxygen atoms in total. The van der Waals surface area contributed by atoms with Crippen molar-refractivity contribution in [1.82, 2.24) is 9.97 Å². The summed E-state index contributed by atoms with van der Waals surface area (Å²) in [7, 11) is 0. The van der Waals surface area contributed by atoms with Crippen LogP contribution in [0.5, 0.6) is 0 Å². The molecule has 1 fully saturated rings. The van der Waals surface area contributed by atoms with Crippen molar-refractivity contribution in [2.24, 2.45) is 5.84 Å². The number of hydrazine groups is 1. The summed E-state index contributed by atoms with van der Waals surface area (Å²) < 4.78 is 0. The van der Waals surface area contributed by atoms with Crippen LogP contribution in [0.1, 0.15) is 25.8 Å². The molecule has 2 heterocycles. The molecule has 1 aliphatic rings. The van der Waals surface area contributed by atoms with E-state index in [1.165, 1.54) is 6.33 Å². The van der Waals surface area contributed by atoms with Crippen molar-refractivity contribution in [1.29, 1.82) is 0 Å². The second-order valence-electron chi connectivity index (χ2n) is 4.69. The zero-order chi connectivity index (χ0) is 12.5. The highest BCUT2D eigenvalue weighted by molar-refractivity contribution is 5.59. The minimum atomic E-state index is -0.633. The fourth-order valence-corrected chi connectivity index (χ4v) is 2.25. The smallest absolute Gasteiger partial charge is 0.148 e. The third kappa shape index (κ3) is 2.32. The summed E-state index contributed by atoms with van der Waals surface area (Å²) in [5.41, 5.74) is 2.95. The van der Waals surface area contributed by atoms with Crippen LogP contribution in [0.15, 0.2) is 6.33 Å². The molecule has 0 aromatic carbocycles. The maximum Gasteiger partial charge on any atom is 0.148 e. The summed E-state index contributed by atoms with van der Waals surface area (Å²) >= 11 is 0. The first-order valence-corrected chi connectivity index (χ1v) is 5.85. The van der Waals surface area contributed by atoms with E-state index in [-0.39, 0.29) is 0 Å². The van der Waals surface area contributed by atoms with E-state index in [4.69, 9.17) is 5.84 Å². The first-order chi connectivity index (χ1) is 8.07. The van der Waals surface area contributed by atoms with Crippen molar-refractivity contribution >= 4 is 11.6 Å². The molecule has 0 spiro atoms. The maximum atomic E-state index is 9.99. The van der Waals surface area contributed by atoms with E-state index in [9.17, 15) is 5.11 Å². The first-order valence-electron chi connectivity index (χ1n) is 5.85. The van der Waals surface area contributed by atoms with Gasteiger partial charge in [-0.1, -0.05) is 6.92 Å². The summed E-state index contributed by atoms with van der Waals surface area (Å²) in [6.45, 7) is 5.29. The second-order valence-corrected chi connectivity index (χ2v) is 4.69. The van der Waals surface area contributed by atoms with Crippen molar-refractivity contribution in [3.8, 4) is 0 Å². The Kier molecular flexibility index (Phi) is 3.17. The van der Waals surface area contributed by atoms with Gasteiger partial charge in [0.1, 0.15) is 18.0 Å². The Morgan fingerprint density at radius 2 is 2.35 bits per heavy atom. The Morgan fingerprint density at radius 3 is 2.88 bits per heavy atom. The van der Waals surface area contributed by atoms with Crippen LogP contribution >= 0.6 is 0 Å². The van der Waals surface area contributed by atoms with Crippen LogP contribution in [-0.4, -0.2) is 33.8 Å². The number of nitrogens with one attached hydrogen (secondary N) is 1. The molecule has 0 amide bonds. The molecule has 1 saturated heterocycles. The van der Waals surface area contributed by atoms with Gasteiger partial charge in [0.05, 0.1) is 5.60 Å². The summed E-state index contributed by atoms with van der Waals surface area (Å²) in [6, 6.07) is 0. The van der Waals surface area contributed by atoms with Crippen molar-refractivity contribution in [3.63, 3.8) is 0 Å². The largest absolute Gasteiger partial charge is 0.388 e. The van der Waals surface area contributed by atoms with Crippen LogP contribution in [0.3, 0.4) is 0 Å². The lowest BCUT2D eigenvalue weighted by molar-refractivity contribution is 0.0839. The minimum absolute atomic E-state index is 0.598. The number of aliphatic hydroxyl groups is 1. The van der Waals surface area contributed by atoms with Gasteiger partial charge in [0.25, 0.3) is 0 Å². The highest BCUT2D eigenvalue weighted by Crippen LogP contribution is 2.29. The topological polar surface area (TPSA) is 87.3 Å². The molecule has 17 heavy (non-hydrogen) atoms. The van der Waals surface area contributed by atoms with Gasteiger partial charge >= 0.3 is 0 Å². The minimum Gasteiger partial charge on any atom is -0.388 e. The number of aromatic nitrogens is 2. The molecule has 1 aromatic heterocycles. The molecule has 0 radical (unpaired) electrons. The van der Waals surface area contributed by atoms with E-state index in [1.54, 1.807) is 0 Å². The molecule has 94 valence electrons. The zero-order valence-electron chi connectivity index (χ0n) is 10.3. The van der Waals surface area contributed by atoms with E-state index in [2.05, 4.69) is 20.3 Å². The van der Waals surface area contributed by atoms with Gasteiger partial charge in [-0.25, -0.2) is 15.8 Å². The number of nitrogen functional groups attached to an aromatic ring is 1. The maximum absolute atomic E-state index is 9.99. The molecule has 0 bridgehead atoms. The summed E-state index contributed by atoms with van der Waals surface area (Å²) in [5.74, 6) is 6.96. The second kappa shape index (κ2) is 4.46. The third-order valence-corrected chi connectivity index (χ3v) is 3.16. The molecule has 6 heteroatoms. The van der Waals surface area contributed by atoms with E-state index < -0.39 is 5.60 Å². The van der Waals surface area contributed by atoms with Gasteiger partial charge in [0.2, 0.25) is 0 Å². The monoisotopic (exact) mass is 237 g/mol. The van der Waals surface area contributed by atoms with Crippen LogP contribution in [0.2, 0.25) is 0 Å². The average molecular weight is 237 g/mol. The fourth-order valence-electron chi connectivity index (χ4n) is 2.25. The number of nitrogens with two attached hydrogens (primary N) is 1. The molecule has 0 saturated carbocycles. The van der Waals surface area contributed by atoms with Gasteiger partial charge in [-0.3, -0.25) is 0 Å². The molecule has 4 N–H and O–H groups in total. The molecule has 1 aromatic rings. The first kappa shape index (κ1) is 12.1. The van der Waals surface area contributed by atoms with Crippen LogP contribution in [-0.2, 0) is 6.42 Å². The standard InChI is InChI=1S/C11H19N5O/c1-3-8-9(15-12)13-7-14-10(8)16-5-4-11(2,17)6-16/h7,17H,3-6,12H2,1-2H3,(H,13,14,15). The molecular formula is C11H19N5O. The van der Waals surface area contributed by atoms with Crippen molar-refractivity contribution in [2.45, 2.75) is 32.3 Å². The lowest BCUT2D eigenvalue weighted by atomic mass is 10.1. The molecule has 1 aliphatic heterocycles. The predicted octanol–water partition coefficient (Wildman–Crippen LogP) is 0.286. The number of rotatable bonds is 3. The van der Waals surface area contributed by atoms with Crippen LogP contribution in [0, 0.1) is 0 Å². The van der Waals surface area contributed by atoms with E-state index >= 15 is 0 Å². The molecule has 0 aliphatic carbocycles. The third-order valence-electron chi connectivity index (χ3n) is 3.16. The Hall–Kier alpha value is -1.40. The Morgan fingerprint density at radius 1 is 1.59 bits per heavy atom. The molecule has 1 atom stereocenters. The van der Waals surface area contributed by atoms with E-state index in [0.717, 1.165) is 30.8 Å². The van der Waals surface area contributed by atoms with Crippen LogP contribution in [0.25, 0.3) is 0 Å². The molecular weight excluding hydrogens is 218 g/mol. The number of hydrogen-bond donors (Lipinski definition) is 3.